The Labute approximate surface area is 133 Å². The fraction of sp³-hybridized carbons (Fsp3) is 0.400. The summed E-state index contributed by atoms with van der Waals surface area (Å²) in [6.45, 7) is 0. The molecule has 1 saturated carbocycles. The van der Waals surface area contributed by atoms with Gasteiger partial charge in [0.1, 0.15) is 11.6 Å². The molecule has 4 rings (SSSR count). The maximum absolute atomic E-state index is 6.28. The summed E-state index contributed by atoms with van der Waals surface area (Å²) in [4.78, 5) is 4.43. The first-order chi connectivity index (χ1) is 11.2. The molecule has 0 spiro atoms. The molecular formula is C15H20N8. The van der Waals surface area contributed by atoms with Crippen molar-refractivity contribution in [3.63, 3.8) is 0 Å². The highest BCUT2D eigenvalue weighted by molar-refractivity contribution is 5.79. The van der Waals surface area contributed by atoms with Crippen molar-refractivity contribution in [2.45, 2.75) is 37.6 Å². The number of anilines is 3. The number of fused-ring (bicyclic) bond motifs is 1. The van der Waals surface area contributed by atoms with Gasteiger partial charge in [-0.2, -0.15) is 5.10 Å². The number of hydrogen-bond acceptors (Lipinski definition) is 6. The van der Waals surface area contributed by atoms with Crippen molar-refractivity contribution in [3.8, 4) is 0 Å². The van der Waals surface area contributed by atoms with Crippen LogP contribution in [0.15, 0.2) is 24.7 Å². The third-order valence-electron chi connectivity index (χ3n) is 4.55. The number of nitrogen functional groups attached to an aromatic ring is 1. The van der Waals surface area contributed by atoms with Crippen molar-refractivity contribution in [1.29, 1.82) is 0 Å². The summed E-state index contributed by atoms with van der Waals surface area (Å²) in [5.74, 6) is 1.68. The number of hydrogen-bond donors (Lipinski definition) is 4. The molecule has 0 radical (unpaired) electrons. The Kier molecular flexibility index (Phi) is 3.38. The number of H-pyrrole nitrogens is 1. The van der Waals surface area contributed by atoms with Crippen molar-refractivity contribution < 1.29 is 0 Å². The molecule has 3 aromatic heterocycles. The van der Waals surface area contributed by atoms with E-state index in [1.807, 2.05) is 6.07 Å². The van der Waals surface area contributed by atoms with Crippen LogP contribution in [0.3, 0.4) is 0 Å². The molecule has 0 saturated heterocycles. The number of nitrogens with one attached hydrogen (secondary N) is 2. The van der Waals surface area contributed by atoms with Crippen LogP contribution in [0.4, 0.5) is 17.3 Å². The van der Waals surface area contributed by atoms with Crippen LogP contribution in [0.1, 0.15) is 37.2 Å². The third-order valence-corrected chi connectivity index (χ3v) is 4.55. The van der Waals surface area contributed by atoms with Gasteiger partial charge in [0, 0.05) is 30.1 Å². The molecule has 23 heavy (non-hydrogen) atoms. The lowest BCUT2D eigenvalue weighted by Crippen LogP contribution is -2.26. The van der Waals surface area contributed by atoms with E-state index in [-0.39, 0.29) is 0 Å². The fourth-order valence-electron chi connectivity index (χ4n) is 3.38. The van der Waals surface area contributed by atoms with E-state index < -0.39 is 0 Å². The number of imidazole rings is 1. The van der Waals surface area contributed by atoms with E-state index in [0.717, 1.165) is 48.4 Å². The zero-order chi connectivity index (χ0) is 15.8. The minimum Gasteiger partial charge on any atom is -0.382 e. The average Bonchev–Trinajstić information content (AvgIpc) is 3.20. The molecular weight excluding hydrogens is 292 g/mol. The molecule has 0 atom stereocenters. The highest BCUT2D eigenvalue weighted by atomic mass is 15.3. The van der Waals surface area contributed by atoms with Gasteiger partial charge in [0.15, 0.2) is 5.65 Å². The van der Waals surface area contributed by atoms with E-state index in [0.29, 0.717) is 17.8 Å². The van der Waals surface area contributed by atoms with Crippen LogP contribution >= 0.6 is 0 Å². The summed E-state index contributed by atoms with van der Waals surface area (Å²) in [6.07, 6.45) is 9.27. The summed E-state index contributed by atoms with van der Waals surface area (Å²) in [5.41, 5.74) is 15.0. The Balaban J connectivity index is 1.82. The van der Waals surface area contributed by atoms with E-state index in [1.54, 1.807) is 23.1 Å². The van der Waals surface area contributed by atoms with Gasteiger partial charge in [0.25, 0.3) is 0 Å². The van der Waals surface area contributed by atoms with Gasteiger partial charge in [-0.3, -0.25) is 5.10 Å². The molecule has 0 bridgehead atoms. The van der Waals surface area contributed by atoms with Crippen LogP contribution in [0.5, 0.6) is 0 Å². The lowest BCUT2D eigenvalue weighted by atomic mass is 9.81. The van der Waals surface area contributed by atoms with Crippen LogP contribution in [-0.4, -0.2) is 30.8 Å². The van der Waals surface area contributed by atoms with E-state index in [1.165, 1.54) is 0 Å². The molecule has 0 aliphatic heterocycles. The second-order valence-corrected chi connectivity index (χ2v) is 6.08. The van der Waals surface area contributed by atoms with E-state index in [4.69, 9.17) is 11.5 Å². The minimum absolute atomic E-state index is 0.291. The van der Waals surface area contributed by atoms with Crippen LogP contribution in [0, 0.1) is 0 Å². The van der Waals surface area contributed by atoms with Crippen molar-refractivity contribution in [3.05, 3.63) is 30.2 Å². The van der Waals surface area contributed by atoms with Crippen LogP contribution < -0.4 is 16.8 Å². The largest absolute Gasteiger partial charge is 0.382 e. The second-order valence-electron chi connectivity index (χ2n) is 6.08. The Morgan fingerprint density at radius 1 is 1.22 bits per heavy atom. The second kappa shape index (κ2) is 5.54. The van der Waals surface area contributed by atoms with E-state index >= 15 is 0 Å². The molecule has 3 heterocycles. The van der Waals surface area contributed by atoms with Gasteiger partial charge in [-0.15, -0.1) is 5.10 Å². The average molecular weight is 312 g/mol. The summed E-state index contributed by atoms with van der Waals surface area (Å²) >= 11 is 0. The first-order valence-electron chi connectivity index (χ1n) is 7.87. The maximum atomic E-state index is 6.28. The van der Waals surface area contributed by atoms with Crippen molar-refractivity contribution in [1.82, 2.24) is 24.8 Å². The highest BCUT2D eigenvalue weighted by Gasteiger charge is 2.27. The number of rotatable bonds is 3. The Hall–Kier alpha value is -2.61. The van der Waals surface area contributed by atoms with Gasteiger partial charge < -0.3 is 16.8 Å². The third kappa shape index (κ3) is 2.50. The lowest BCUT2D eigenvalue weighted by molar-refractivity contribution is 0.396. The van der Waals surface area contributed by atoms with Gasteiger partial charge in [-0.1, -0.05) is 0 Å². The number of nitrogens with two attached hydrogens (primary N) is 2. The molecule has 0 aromatic carbocycles. The topological polar surface area (TPSA) is 123 Å². The van der Waals surface area contributed by atoms with Crippen molar-refractivity contribution >= 4 is 23.0 Å². The predicted molar refractivity (Wildman–Crippen MR) is 88.5 cm³/mol. The minimum atomic E-state index is 0.291. The summed E-state index contributed by atoms with van der Waals surface area (Å²) in [7, 11) is 0. The standard InChI is InChI=1S/C15H20N8/c16-10-3-1-9(2-4-10)12-13(20-11-5-6-19-21-11)15-18-7-8-23(15)22-14(12)17/h5-10H,1-4,16H2,(H2,17,22)(H2,19,20,21). The molecule has 3 aromatic rings. The SMILES string of the molecule is Nc1nn2ccnc2c(Nc2ccn[nH]2)c1C1CCC(N)CC1. The monoisotopic (exact) mass is 312 g/mol. The zero-order valence-electron chi connectivity index (χ0n) is 12.7. The van der Waals surface area contributed by atoms with Gasteiger partial charge >= 0.3 is 0 Å². The van der Waals surface area contributed by atoms with Crippen molar-refractivity contribution in [2.75, 3.05) is 11.1 Å². The highest BCUT2D eigenvalue weighted by Crippen LogP contribution is 2.40. The summed E-state index contributed by atoms with van der Waals surface area (Å²) in [6, 6.07) is 2.16. The van der Waals surface area contributed by atoms with Crippen LogP contribution in [-0.2, 0) is 0 Å². The first-order valence-corrected chi connectivity index (χ1v) is 7.87. The molecule has 6 N–H and O–H groups in total. The lowest BCUT2D eigenvalue weighted by Gasteiger charge is -2.28. The fourth-order valence-corrected chi connectivity index (χ4v) is 3.38. The Morgan fingerprint density at radius 2 is 2.04 bits per heavy atom. The van der Waals surface area contributed by atoms with E-state index in [9.17, 15) is 0 Å². The Bertz CT molecular complexity index is 798. The molecule has 0 unspecified atom stereocenters. The molecule has 0 amide bonds. The van der Waals surface area contributed by atoms with E-state index in [2.05, 4.69) is 25.6 Å². The van der Waals surface area contributed by atoms with Gasteiger partial charge in [0.05, 0.1) is 11.9 Å². The maximum Gasteiger partial charge on any atom is 0.177 e. The zero-order valence-corrected chi connectivity index (χ0v) is 12.7. The van der Waals surface area contributed by atoms with Crippen LogP contribution in [0.25, 0.3) is 5.65 Å². The van der Waals surface area contributed by atoms with Gasteiger partial charge in [0.2, 0.25) is 0 Å². The number of aromatic amines is 1. The van der Waals surface area contributed by atoms with Crippen LogP contribution in [0.2, 0.25) is 0 Å². The van der Waals surface area contributed by atoms with Crippen molar-refractivity contribution in [2.24, 2.45) is 5.73 Å². The predicted octanol–water partition coefficient (Wildman–Crippen LogP) is 1.76. The molecule has 1 fully saturated rings. The molecule has 120 valence electrons. The molecule has 8 heteroatoms. The van der Waals surface area contributed by atoms with Gasteiger partial charge in [-0.25, -0.2) is 9.50 Å². The quantitative estimate of drug-likeness (QED) is 0.584. The number of aromatic nitrogens is 5. The smallest absolute Gasteiger partial charge is 0.177 e. The van der Waals surface area contributed by atoms with Gasteiger partial charge in [-0.05, 0) is 31.6 Å². The first kappa shape index (κ1) is 14.0. The summed E-state index contributed by atoms with van der Waals surface area (Å²) in [5, 5.41) is 14.7. The molecule has 8 nitrogen and oxygen atoms in total. The summed E-state index contributed by atoms with van der Waals surface area (Å²) < 4.78 is 1.70. The molecule has 1 aliphatic carbocycles. The Morgan fingerprint density at radius 3 is 2.78 bits per heavy atom. The molecule has 1 aliphatic rings. The normalized spacial score (nSPS) is 21.6. The number of nitrogens with zero attached hydrogens (tertiary/aromatic N) is 4.